The predicted octanol–water partition coefficient (Wildman–Crippen LogP) is 2.64. The number of alkyl halides is 3. The summed E-state index contributed by atoms with van der Waals surface area (Å²) in [4.78, 5) is 23.2. The summed E-state index contributed by atoms with van der Waals surface area (Å²) in [7, 11) is 1.61. The molecule has 0 fully saturated rings. The molecule has 0 saturated heterocycles. The van der Waals surface area contributed by atoms with Gasteiger partial charge in [0.1, 0.15) is 5.82 Å². The minimum atomic E-state index is -4.61. The topological polar surface area (TPSA) is 75.6 Å². The van der Waals surface area contributed by atoms with Gasteiger partial charge in [-0.15, -0.1) is 0 Å². The Morgan fingerprint density at radius 1 is 1.42 bits per heavy atom. The molecule has 0 aliphatic rings. The number of pyridine rings is 1. The lowest BCUT2D eigenvalue weighted by molar-refractivity contribution is -0.155. The first-order valence-electron chi connectivity index (χ1n) is 7.06. The van der Waals surface area contributed by atoms with Crippen molar-refractivity contribution in [1.82, 2.24) is 24.8 Å². The van der Waals surface area contributed by atoms with Gasteiger partial charge < -0.3 is 14.9 Å². The van der Waals surface area contributed by atoms with Gasteiger partial charge in [0.05, 0.1) is 11.1 Å². The number of hydrogen-bond acceptors (Lipinski definition) is 3. The second-order valence-electron chi connectivity index (χ2n) is 5.48. The smallest absolute Gasteiger partial charge is 0.357 e. The van der Waals surface area contributed by atoms with Gasteiger partial charge in [-0.05, 0) is 19.1 Å². The van der Waals surface area contributed by atoms with Crippen LogP contribution in [-0.4, -0.2) is 31.6 Å². The predicted molar refractivity (Wildman–Crippen MR) is 80.3 cm³/mol. The summed E-state index contributed by atoms with van der Waals surface area (Å²) in [5.41, 5.74) is 0.879. The van der Waals surface area contributed by atoms with Crippen LogP contribution in [0.5, 0.6) is 0 Å². The van der Waals surface area contributed by atoms with E-state index in [2.05, 4.69) is 15.0 Å². The number of carbonyl (C=O) groups excluding carboxylic acids is 1. The maximum absolute atomic E-state index is 13.3. The lowest BCUT2D eigenvalue weighted by atomic mass is 10.1. The zero-order valence-electron chi connectivity index (χ0n) is 12.8. The molecule has 3 aromatic rings. The number of hydrogen-bond donors (Lipinski definition) is 2. The van der Waals surface area contributed by atoms with Crippen LogP contribution in [0.2, 0.25) is 0 Å². The van der Waals surface area contributed by atoms with Gasteiger partial charge in [-0.25, -0.2) is 9.97 Å². The number of aromatic amines is 1. The van der Waals surface area contributed by atoms with E-state index in [-0.39, 0.29) is 11.1 Å². The number of aryl methyl sites for hydroxylation is 2. The van der Waals surface area contributed by atoms with Crippen LogP contribution >= 0.6 is 0 Å². The SMILES string of the molecule is Cc1nc2ncc(C(=O)NC(c3ccn(C)c3)C(F)(F)F)cc2[nH]1. The molecule has 6 nitrogen and oxygen atoms in total. The number of aromatic nitrogens is 4. The molecule has 24 heavy (non-hydrogen) atoms. The fraction of sp³-hybridized carbons (Fsp3) is 0.267. The van der Waals surface area contributed by atoms with Crippen molar-refractivity contribution in [3.8, 4) is 0 Å². The zero-order valence-corrected chi connectivity index (χ0v) is 12.8. The quantitative estimate of drug-likeness (QED) is 0.771. The van der Waals surface area contributed by atoms with Crippen LogP contribution in [0.25, 0.3) is 11.2 Å². The summed E-state index contributed by atoms with van der Waals surface area (Å²) >= 11 is 0. The second kappa shape index (κ2) is 5.66. The van der Waals surface area contributed by atoms with E-state index in [9.17, 15) is 18.0 Å². The van der Waals surface area contributed by atoms with E-state index in [1.807, 2.05) is 5.32 Å². The Labute approximate surface area is 134 Å². The molecule has 0 saturated carbocycles. The molecule has 0 spiro atoms. The first-order chi connectivity index (χ1) is 11.2. The van der Waals surface area contributed by atoms with Crippen LogP contribution < -0.4 is 5.32 Å². The van der Waals surface area contributed by atoms with E-state index in [4.69, 9.17) is 0 Å². The first kappa shape index (κ1) is 16.0. The van der Waals surface area contributed by atoms with Crippen LogP contribution in [0.4, 0.5) is 13.2 Å². The molecule has 3 heterocycles. The highest BCUT2D eigenvalue weighted by atomic mass is 19.4. The van der Waals surface area contributed by atoms with Crippen LogP contribution in [0.1, 0.15) is 27.8 Å². The Bertz CT molecular complexity index is 896. The third-order valence-electron chi connectivity index (χ3n) is 3.51. The maximum Gasteiger partial charge on any atom is 0.412 e. The molecule has 0 aromatic carbocycles. The third kappa shape index (κ3) is 3.10. The number of carbonyl (C=O) groups is 1. The Kier molecular flexibility index (Phi) is 3.78. The van der Waals surface area contributed by atoms with Crippen LogP contribution in [0, 0.1) is 6.92 Å². The molecular formula is C15H14F3N5O. The molecule has 9 heteroatoms. The Balaban J connectivity index is 1.89. The fourth-order valence-corrected chi connectivity index (χ4v) is 2.41. The zero-order chi connectivity index (χ0) is 17.5. The molecule has 1 unspecified atom stereocenters. The van der Waals surface area contributed by atoms with Crippen molar-refractivity contribution in [1.29, 1.82) is 0 Å². The molecule has 0 aliphatic heterocycles. The van der Waals surface area contributed by atoms with Gasteiger partial charge in [0.2, 0.25) is 0 Å². The highest BCUT2D eigenvalue weighted by Crippen LogP contribution is 2.33. The van der Waals surface area contributed by atoms with Gasteiger partial charge in [-0.1, -0.05) is 0 Å². The number of halogens is 3. The van der Waals surface area contributed by atoms with Crippen molar-refractivity contribution >= 4 is 17.1 Å². The number of H-pyrrole nitrogens is 1. The third-order valence-corrected chi connectivity index (χ3v) is 3.51. The number of fused-ring (bicyclic) bond motifs is 1. The number of nitrogens with one attached hydrogen (secondary N) is 2. The van der Waals surface area contributed by atoms with Gasteiger partial charge in [0.25, 0.3) is 5.91 Å². The molecule has 1 atom stereocenters. The summed E-state index contributed by atoms with van der Waals surface area (Å²) in [5.74, 6) is -0.254. The van der Waals surface area contributed by atoms with Gasteiger partial charge in [0, 0.05) is 31.2 Å². The highest BCUT2D eigenvalue weighted by Gasteiger charge is 2.42. The number of nitrogens with zero attached hydrogens (tertiary/aromatic N) is 3. The van der Waals surface area contributed by atoms with Crippen LogP contribution in [-0.2, 0) is 7.05 Å². The van der Waals surface area contributed by atoms with E-state index < -0.39 is 18.1 Å². The van der Waals surface area contributed by atoms with Gasteiger partial charge in [-0.2, -0.15) is 13.2 Å². The molecule has 2 N–H and O–H groups in total. The van der Waals surface area contributed by atoms with E-state index in [1.54, 1.807) is 14.0 Å². The molecule has 126 valence electrons. The minimum absolute atomic E-state index is 0.0244. The van der Waals surface area contributed by atoms with Crippen molar-refractivity contribution in [3.63, 3.8) is 0 Å². The normalized spacial score (nSPS) is 13.2. The lowest BCUT2D eigenvalue weighted by Gasteiger charge is -2.20. The molecule has 0 aliphatic carbocycles. The van der Waals surface area contributed by atoms with Crippen molar-refractivity contribution in [3.05, 3.63) is 47.7 Å². The van der Waals surface area contributed by atoms with E-state index in [1.165, 1.54) is 35.3 Å². The average molecular weight is 337 g/mol. The minimum Gasteiger partial charge on any atom is -0.357 e. The number of rotatable bonds is 3. The maximum atomic E-state index is 13.3. The van der Waals surface area contributed by atoms with Crippen molar-refractivity contribution in [2.45, 2.75) is 19.1 Å². The Hall–Kier alpha value is -2.84. The number of amides is 1. The summed E-state index contributed by atoms with van der Waals surface area (Å²) < 4.78 is 41.4. The summed E-state index contributed by atoms with van der Waals surface area (Å²) in [5, 5.41) is 2.02. The largest absolute Gasteiger partial charge is 0.412 e. The monoisotopic (exact) mass is 337 g/mol. The van der Waals surface area contributed by atoms with Gasteiger partial charge >= 0.3 is 6.18 Å². The Morgan fingerprint density at radius 3 is 2.79 bits per heavy atom. The molecule has 0 radical (unpaired) electrons. The standard InChI is InChI=1S/C15H14F3N5O/c1-8-20-11-5-10(6-19-13(11)21-8)14(24)22-12(15(16,17)18)9-3-4-23(2)7-9/h3-7,12H,1-2H3,(H,22,24)(H,19,20,21). The van der Waals surface area contributed by atoms with E-state index >= 15 is 0 Å². The molecule has 3 aromatic heterocycles. The molecule has 0 bridgehead atoms. The summed E-state index contributed by atoms with van der Waals surface area (Å²) in [6.45, 7) is 1.72. The van der Waals surface area contributed by atoms with Gasteiger partial charge in [-0.3, -0.25) is 4.79 Å². The lowest BCUT2D eigenvalue weighted by Crippen LogP contribution is -2.38. The summed E-state index contributed by atoms with van der Waals surface area (Å²) in [6.07, 6.45) is -0.602. The first-order valence-corrected chi connectivity index (χ1v) is 7.06. The van der Waals surface area contributed by atoms with E-state index in [0.29, 0.717) is 17.0 Å². The Morgan fingerprint density at radius 2 is 2.17 bits per heavy atom. The number of imidazole rings is 1. The second-order valence-corrected chi connectivity index (χ2v) is 5.48. The highest BCUT2D eigenvalue weighted by molar-refractivity contribution is 5.96. The van der Waals surface area contributed by atoms with E-state index in [0.717, 1.165) is 0 Å². The van der Waals surface area contributed by atoms with Crippen LogP contribution in [0.3, 0.4) is 0 Å². The van der Waals surface area contributed by atoms with Gasteiger partial charge in [0.15, 0.2) is 11.7 Å². The van der Waals surface area contributed by atoms with Crippen molar-refractivity contribution in [2.75, 3.05) is 0 Å². The molecule has 1 amide bonds. The molecular weight excluding hydrogens is 323 g/mol. The van der Waals surface area contributed by atoms with Crippen molar-refractivity contribution < 1.29 is 18.0 Å². The molecule has 3 rings (SSSR count). The fourth-order valence-electron chi connectivity index (χ4n) is 2.41. The average Bonchev–Trinajstić information content (AvgIpc) is 3.06. The van der Waals surface area contributed by atoms with Crippen molar-refractivity contribution in [2.24, 2.45) is 7.05 Å². The van der Waals surface area contributed by atoms with Crippen LogP contribution in [0.15, 0.2) is 30.7 Å². The summed E-state index contributed by atoms with van der Waals surface area (Å²) in [6, 6.07) is 0.652.